The van der Waals surface area contributed by atoms with Crippen molar-refractivity contribution in [2.24, 2.45) is 0 Å². The summed E-state index contributed by atoms with van der Waals surface area (Å²) in [5.74, 6) is 0.744. The van der Waals surface area contributed by atoms with Gasteiger partial charge in [0.25, 0.3) is 5.69 Å². The molecule has 0 saturated carbocycles. The molecule has 0 radical (unpaired) electrons. The smallest absolute Gasteiger partial charge is 0.287 e. The molecule has 0 unspecified atom stereocenters. The van der Waals surface area contributed by atoms with Gasteiger partial charge in [-0.3, -0.25) is 10.1 Å². The minimum Gasteiger partial charge on any atom is -0.355 e. The van der Waals surface area contributed by atoms with E-state index in [0.29, 0.717) is 6.54 Å². The summed E-state index contributed by atoms with van der Waals surface area (Å²) in [5.41, 5.74) is 1.82. The Kier molecular flexibility index (Phi) is 3.60. The van der Waals surface area contributed by atoms with Crippen molar-refractivity contribution in [2.75, 3.05) is 18.5 Å². The Labute approximate surface area is 94.6 Å². The fourth-order valence-corrected chi connectivity index (χ4v) is 1.53. The van der Waals surface area contributed by atoms with Gasteiger partial charge in [-0.15, -0.1) is 0 Å². The molecule has 0 spiro atoms. The van der Waals surface area contributed by atoms with Crippen LogP contribution in [0.15, 0.2) is 24.4 Å². The van der Waals surface area contributed by atoms with Gasteiger partial charge in [0.2, 0.25) is 0 Å². The van der Waals surface area contributed by atoms with Gasteiger partial charge in [-0.2, -0.15) is 0 Å². The summed E-state index contributed by atoms with van der Waals surface area (Å²) in [6.07, 6.45) is 1.28. The van der Waals surface area contributed by atoms with Crippen LogP contribution in [-0.4, -0.2) is 23.5 Å². The molecule has 1 rings (SSSR count). The number of likely N-dealkylation sites (N-methyl/N-ethyl adjacent to an activating group) is 1. The molecule has 0 N–H and O–H groups in total. The van der Waals surface area contributed by atoms with E-state index in [1.54, 1.807) is 0 Å². The van der Waals surface area contributed by atoms with Crippen molar-refractivity contribution in [2.45, 2.75) is 13.8 Å². The lowest BCUT2D eigenvalue weighted by atomic mass is 10.2. The molecule has 0 saturated heterocycles. The molecule has 0 aliphatic rings. The van der Waals surface area contributed by atoms with Gasteiger partial charge in [-0.25, -0.2) is 4.98 Å². The number of hydrogen-bond acceptors (Lipinski definition) is 4. The molecule has 0 aliphatic carbocycles. The molecule has 5 nitrogen and oxygen atoms in total. The number of nitro groups is 1. The van der Waals surface area contributed by atoms with Gasteiger partial charge in [0.15, 0.2) is 0 Å². The van der Waals surface area contributed by atoms with E-state index in [-0.39, 0.29) is 5.69 Å². The minimum absolute atomic E-state index is 0.0185. The Hall–Kier alpha value is -1.91. The summed E-state index contributed by atoms with van der Waals surface area (Å²) in [6.45, 7) is 8.24. The van der Waals surface area contributed by atoms with Gasteiger partial charge in [-0.1, -0.05) is 12.2 Å². The zero-order chi connectivity index (χ0) is 12.3. The monoisotopic (exact) mass is 221 g/mol. The zero-order valence-electron chi connectivity index (χ0n) is 9.73. The van der Waals surface area contributed by atoms with Gasteiger partial charge < -0.3 is 4.90 Å². The SMILES string of the molecule is C=C(C)CN(C)c1ncc([N+](=O)[O-])cc1C. The second-order valence-electron chi connectivity index (χ2n) is 3.90. The molecular weight excluding hydrogens is 206 g/mol. The van der Waals surface area contributed by atoms with E-state index >= 15 is 0 Å². The lowest BCUT2D eigenvalue weighted by Crippen LogP contribution is -2.21. The Morgan fingerprint density at radius 3 is 2.75 bits per heavy atom. The number of nitrogens with zero attached hydrogens (tertiary/aromatic N) is 3. The summed E-state index contributed by atoms with van der Waals surface area (Å²) in [7, 11) is 1.88. The predicted molar refractivity (Wildman–Crippen MR) is 63.7 cm³/mol. The van der Waals surface area contributed by atoms with Crippen LogP contribution in [0.4, 0.5) is 11.5 Å². The number of aromatic nitrogens is 1. The van der Waals surface area contributed by atoms with Gasteiger partial charge in [0, 0.05) is 19.7 Å². The maximum Gasteiger partial charge on any atom is 0.287 e. The van der Waals surface area contributed by atoms with E-state index in [9.17, 15) is 10.1 Å². The van der Waals surface area contributed by atoms with Crippen LogP contribution in [0.3, 0.4) is 0 Å². The maximum absolute atomic E-state index is 10.5. The largest absolute Gasteiger partial charge is 0.355 e. The van der Waals surface area contributed by atoms with Crippen molar-refractivity contribution in [3.8, 4) is 0 Å². The molecule has 0 aliphatic heterocycles. The van der Waals surface area contributed by atoms with Crippen molar-refractivity contribution in [3.05, 3.63) is 40.1 Å². The van der Waals surface area contributed by atoms with Gasteiger partial charge >= 0.3 is 0 Å². The highest BCUT2D eigenvalue weighted by molar-refractivity contribution is 5.50. The molecular formula is C11H15N3O2. The Balaban J connectivity index is 2.98. The van der Waals surface area contributed by atoms with Crippen molar-refractivity contribution < 1.29 is 4.92 Å². The molecule has 0 atom stereocenters. The average Bonchev–Trinajstić information content (AvgIpc) is 2.15. The van der Waals surface area contributed by atoms with Crippen LogP contribution < -0.4 is 4.90 Å². The lowest BCUT2D eigenvalue weighted by molar-refractivity contribution is -0.385. The van der Waals surface area contributed by atoms with Crippen molar-refractivity contribution in [3.63, 3.8) is 0 Å². The molecule has 0 aromatic carbocycles. The normalized spacial score (nSPS) is 9.94. The van der Waals surface area contributed by atoms with E-state index in [4.69, 9.17) is 0 Å². The number of rotatable bonds is 4. The lowest BCUT2D eigenvalue weighted by Gasteiger charge is -2.19. The molecule has 1 aromatic rings. The van der Waals surface area contributed by atoms with E-state index < -0.39 is 4.92 Å². The van der Waals surface area contributed by atoms with Gasteiger partial charge in [0.1, 0.15) is 12.0 Å². The predicted octanol–water partition coefficient (Wildman–Crippen LogP) is 2.31. The van der Waals surface area contributed by atoms with Crippen LogP contribution in [0, 0.1) is 17.0 Å². The van der Waals surface area contributed by atoms with Crippen LogP contribution in [0.2, 0.25) is 0 Å². The standard InChI is InChI=1S/C11H15N3O2/c1-8(2)7-13(4)11-9(3)5-10(6-12-11)14(15)16/h5-6H,1,7H2,2-4H3. The summed E-state index contributed by atoms with van der Waals surface area (Å²) in [6, 6.07) is 1.53. The van der Waals surface area contributed by atoms with Gasteiger partial charge in [0.05, 0.1) is 4.92 Å². The summed E-state index contributed by atoms with van der Waals surface area (Å²) in [5, 5.41) is 10.5. The Morgan fingerprint density at radius 1 is 1.69 bits per heavy atom. The fraction of sp³-hybridized carbons (Fsp3) is 0.364. The Morgan fingerprint density at radius 2 is 2.31 bits per heavy atom. The van der Waals surface area contributed by atoms with E-state index in [2.05, 4.69) is 11.6 Å². The first kappa shape index (κ1) is 12.2. The molecule has 86 valence electrons. The number of hydrogen-bond donors (Lipinski definition) is 0. The molecule has 0 fully saturated rings. The van der Waals surface area contributed by atoms with Crippen molar-refractivity contribution >= 4 is 11.5 Å². The van der Waals surface area contributed by atoms with Crippen LogP contribution in [-0.2, 0) is 0 Å². The highest BCUT2D eigenvalue weighted by Crippen LogP contribution is 2.20. The first-order chi connectivity index (χ1) is 7.41. The molecule has 0 amide bonds. The second-order valence-corrected chi connectivity index (χ2v) is 3.90. The highest BCUT2D eigenvalue weighted by atomic mass is 16.6. The molecule has 5 heteroatoms. The second kappa shape index (κ2) is 4.74. The highest BCUT2D eigenvalue weighted by Gasteiger charge is 2.12. The summed E-state index contributed by atoms with van der Waals surface area (Å²) in [4.78, 5) is 16.1. The number of pyridine rings is 1. The summed E-state index contributed by atoms with van der Waals surface area (Å²) < 4.78 is 0. The minimum atomic E-state index is -0.442. The molecule has 1 heterocycles. The fourth-order valence-electron chi connectivity index (χ4n) is 1.53. The summed E-state index contributed by atoms with van der Waals surface area (Å²) >= 11 is 0. The molecule has 16 heavy (non-hydrogen) atoms. The number of aryl methyl sites for hydroxylation is 1. The van der Waals surface area contributed by atoms with Crippen molar-refractivity contribution in [1.82, 2.24) is 4.98 Å². The molecule has 0 bridgehead atoms. The van der Waals surface area contributed by atoms with E-state index in [1.165, 1.54) is 12.3 Å². The molecule has 1 aromatic heterocycles. The van der Waals surface area contributed by atoms with Gasteiger partial charge in [-0.05, 0) is 19.4 Å². The van der Waals surface area contributed by atoms with Crippen LogP contribution in [0.25, 0.3) is 0 Å². The van der Waals surface area contributed by atoms with E-state index in [0.717, 1.165) is 17.0 Å². The third-order valence-electron chi connectivity index (χ3n) is 2.12. The van der Waals surface area contributed by atoms with Crippen LogP contribution >= 0.6 is 0 Å². The zero-order valence-corrected chi connectivity index (χ0v) is 9.73. The number of anilines is 1. The first-order valence-corrected chi connectivity index (χ1v) is 4.88. The van der Waals surface area contributed by atoms with Crippen molar-refractivity contribution in [1.29, 1.82) is 0 Å². The first-order valence-electron chi connectivity index (χ1n) is 4.88. The quantitative estimate of drug-likeness (QED) is 0.444. The van der Waals surface area contributed by atoms with Crippen LogP contribution in [0.1, 0.15) is 12.5 Å². The van der Waals surface area contributed by atoms with E-state index in [1.807, 2.05) is 25.8 Å². The van der Waals surface area contributed by atoms with Crippen LogP contribution in [0.5, 0.6) is 0 Å². The maximum atomic E-state index is 10.5. The third kappa shape index (κ3) is 2.79. The topological polar surface area (TPSA) is 59.3 Å². The Bertz CT molecular complexity index is 429. The third-order valence-corrected chi connectivity index (χ3v) is 2.12. The average molecular weight is 221 g/mol.